The van der Waals surface area contributed by atoms with Crippen LogP contribution in [0.3, 0.4) is 0 Å². The number of amides is 4. The fraction of sp³-hybridized carbons (Fsp3) is 0.421. The van der Waals surface area contributed by atoms with E-state index in [4.69, 9.17) is 4.74 Å². The van der Waals surface area contributed by atoms with Crippen LogP contribution in [-0.4, -0.2) is 70.3 Å². The van der Waals surface area contributed by atoms with Gasteiger partial charge in [0.05, 0.1) is 18.2 Å². The predicted molar refractivity (Wildman–Crippen MR) is 93.6 cm³/mol. The molecule has 3 aliphatic heterocycles. The van der Waals surface area contributed by atoms with Crippen LogP contribution in [0.25, 0.3) is 0 Å². The predicted octanol–water partition coefficient (Wildman–Crippen LogP) is 0.353. The quantitative estimate of drug-likeness (QED) is 0.538. The Balaban J connectivity index is 1.72. The van der Waals surface area contributed by atoms with E-state index in [9.17, 15) is 24.0 Å². The van der Waals surface area contributed by atoms with Gasteiger partial charge in [0.1, 0.15) is 6.04 Å². The molecule has 2 atom stereocenters. The van der Waals surface area contributed by atoms with E-state index in [2.05, 4.69) is 0 Å². The van der Waals surface area contributed by atoms with Crippen molar-refractivity contribution in [3.63, 3.8) is 0 Å². The molecule has 2 saturated heterocycles. The zero-order chi connectivity index (χ0) is 20.0. The number of nitrogens with zero attached hydrogens (tertiary/aromatic N) is 3. The van der Waals surface area contributed by atoms with Gasteiger partial charge in [0, 0.05) is 13.0 Å². The Labute approximate surface area is 160 Å². The molecule has 0 saturated carbocycles. The Bertz CT molecular complexity index is 862. The van der Waals surface area contributed by atoms with E-state index >= 15 is 0 Å². The van der Waals surface area contributed by atoms with Crippen LogP contribution in [0.5, 0.6) is 0 Å². The molecule has 0 N–H and O–H groups in total. The van der Waals surface area contributed by atoms with Crippen molar-refractivity contribution in [1.82, 2.24) is 14.9 Å². The average Bonchev–Trinajstić information content (AvgIpc) is 2.89. The van der Waals surface area contributed by atoms with E-state index in [0.717, 1.165) is 9.91 Å². The van der Waals surface area contributed by atoms with E-state index in [1.165, 1.54) is 24.3 Å². The Morgan fingerprint density at radius 1 is 1.04 bits per heavy atom. The standard InChI is InChI=1S/C19H19N3O6/c1-28-19(27)14-7-4-10-20-15(23)9-8-13(18(26)22(14)20)21-16(24)11-5-2-3-6-12(11)17(21)25/h2-3,5-6,13-14H,4,7-10H2,1H3/t13?,14-/m1/s1. The SMILES string of the molecule is COC(=O)[C@H]1CCCN2C(=O)CCC(N3C(=O)c4ccccc4C3=O)C(=O)N12. The summed E-state index contributed by atoms with van der Waals surface area (Å²) in [5, 5.41) is 2.35. The van der Waals surface area contributed by atoms with Crippen LogP contribution in [0.2, 0.25) is 0 Å². The lowest BCUT2D eigenvalue weighted by Gasteiger charge is -2.42. The van der Waals surface area contributed by atoms with E-state index in [1.54, 1.807) is 12.1 Å². The Morgan fingerprint density at radius 2 is 1.68 bits per heavy atom. The van der Waals surface area contributed by atoms with Crippen LogP contribution in [-0.2, 0) is 19.1 Å². The number of benzene rings is 1. The van der Waals surface area contributed by atoms with Gasteiger partial charge >= 0.3 is 5.97 Å². The van der Waals surface area contributed by atoms with Crippen molar-refractivity contribution in [2.24, 2.45) is 0 Å². The molecule has 28 heavy (non-hydrogen) atoms. The number of esters is 1. The van der Waals surface area contributed by atoms with Crippen LogP contribution in [0, 0.1) is 0 Å². The first-order valence-corrected chi connectivity index (χ1v) is 9.13. The molecule has 9 heteroatoms. The van der Waals surface area contributed by atoms with Gasteiger partial charge in [-0.1, -0.05) is 12.1 Å². The van der Waals surface area contributed by atoms with Crippen LogP contribution >= 0.6 is 0 Å². The first-order chi connectivity index (χ1) is 13.5. The molecule has 146 valence electrons. The molecule has 0 aromatic heterocycles. The summed E-state index contributed by atoms with van der Waals surface area (Å²) >= 11 is 0. The first-order valence-electron chi connectivity index (χ1n) is 9.13. The van der Waals surface area contributed by atoms with E-state index < -0.39 is 35.8 Å². The van der Waals surface area contributed by atoms with Gasteiger partial charge in [-0.3, -0.25) is 29.1 Å². The Morgan fingerprint density at radius 3 is 2.29 bits per heavy atom. The lowest BCUT2D eigenvalue weighted by Crippen LogP contribution is -2.62. The van der Waals surface area contributed by atoms with Crippen LogP contribution < -0.4 is 0 Å². The van der Waals surface area contributed by atoms with Gasteiger partial charge in [0.15, 0.2) is 6.04 Å². The summed E-state index contributed by atoms with van der Waals surface area (Å²) < 4.78 is 4.80. The number of carbonyl (C=O) groups excluding carboxylic acids is 5. The summed E-state index contributed by atoms with van der Waals surface area (Å²) in [6, 6.07) is 4.26. The van der Waals surface area contributed by atoms with Crippen molar-refractivity contribution in [3.05, 3.63) is 35.4 Å². The third-order valence-corrected chi connectivity index (χ3v) is 5.44. The third kappa shape index (κ3) is 2.57. The monoisotopic (exact) mass is 385 g/mol. The minimum atomic E-state index is -1.15. The smallest absolute Gasteiger partial charge is 0.330 e. The zero-order valence-electron chi connectivity index (χ0n) is 15.3. The van der Waals surface area contributed by atoms with Gasteiger partial charge in [0.25, 0.3) is 17.7 Å². The maximum Gasteiger partial charge on any atom is 0.330 e. The lowest BCUT2D eigenvalue weighted by atomic mass is 10.1. The maximum absolute atomic E-state index is 13.4. The van der Waals surface area contributed by atoms with Crippen molar-refractivity contribution in [1.29, 1.82) is 0 Å². The second-order valence-electron chi connectivity index (χ2n) is 6.96. The number of hydrazine groups is 1. The number of hydrogen-bond acceptors (Lipinski definition) is 6. The number of fused-ring (bicyclic) bond motifs is 2. The van der Waals surface area contributed by atoms with Gasteiger partial charge in [-0.25, -0.2) is 9.80 Å². The highest BCUT2D eigenvalue weighted by molar-refractivity contribution is 6.23. The molecule has 1 aromatic rings. The van der Waals surface area contributed by atoms with E-state index in [-0.39, 0.29) is 29.9 Å². The molecule has 3 aliphatic rings. The number of carbonyl (C=O) groups is 5. The zero-order valence-corrected chi connectivity index (χ0v) is 15.3. The molecular weight excluding hydrogens is 366 g/mol. The maximum atomic E-state index is 13.4. The summed E-state index contributed by atoms with van der Waals surface area (Å²) in [5.41, 5.74) is 0.465. The van der Waals surface area contributed by atoms with Gasteiger partial charge in [-0.05, 0) is 31.4 Å². The highest BCUT2D eigenvalue weighted by Crippen LogP contribution is 2.31. The lowest BCUT2D eigenvalue weighted by molar-refractivity contribution is -0.182. The molecule has 2 fully saturated rings. The summed E-state index contributed by atoms with van der Waals surface area (Å²) in [6.45, 7) is 0.299. The molecular formula is C19H19N3O6. The molecule has 3 heterocycles. The minimum Gasteiger partial charge on any atom is -0.467 e. The van der Waals surface area contributed by atoms with Gasteiger partial charge in [-0.2, -0.15) is 0 Å². The average molecular weight is 385 g/mol. The number of imide groups is 1. The summed E-state index contributed by atoms with van der Waals surface area (Å²) in [7, 11) is 1.22. The highest BCUT2D eigenvalue weighted by atomic mass is 16.5. The Kier molecular flexibility index (Phi) is 4.37. The Hall–Kier alpha value is -3.23. The van der Waals surface area contributed by atoms with Crippen molar-refractivity contribution in [3.8, 4) is 0 Å². The molecule has 0 spiro atoms. The molecule has 0 aliphatic carbocycles. The number of rotatable bonds is 2. The summed E-state index contributed by atoms with van der Waals surface area (Å²) in [4.78, 5) is 64.7. The fourth-order valence-corrected chi connectivity index (χ4v) is 4.10. The van der Waals surface area contributed by atoms with Gasteiger partial charge < -0.3 is 4.74 Å². The normalized spacial score (nSPS) is 24.8. The topological polar surface area (TPSA) is 104 Å². The molecule has 0 radical (unpaired) electrons. The van der Waals surface area contributed by atoms with Gasteiger partial charge in [0.2, 0.25) is 5.91 Å². The molecule has 4 rings (SSSR count). The van der Waals surface area contributed by atoms with Crippen molar-refractivity contribution < 1.29 is 28.7 Å². The van der Waals surface area contributed by atoms with Crippen LogP contribution in [0.1, 0.15) is 46.4 Å². The molecule has 9 nitrogen and oxygen atoms in total. The van der Waals surface area contributed by atoms with Crippen molar-refractivity contribution in [2.75, 3.05) is 13.7 Å². The van der Waals surface area contributed by atoms with E-state index in [1.807, 2.05) is 0 Å². The molecule has 4 amide bonds. The van der Waals surface area contributed by atoms with Crippen molar-refractivity contribution in [2.45, 2.75) is 37.8 Å². The number of methoxy groups -OCH3 is 1. The highest BCUT2D eigenvalue weighted by Gasteiger charge is 2.50. The first kappa shape index (κ1) is 18.1. The van der Waals surface area contributed by atoms with Crippen LogP contribution in [0.4, 0.5) is 0 Å². The fourth-order valence-electron chi connectivity index (χ4n) is 4.10. The molecule has 1 aromatic carbocycles. The summed E-state index contributed by atoms with van der Waals surface area (Å²) in [5.74, 6) is -2.69. The van der Waals surface area contributed by atoms with E-state index in [0.29, 0.717) is 19.4 Å². The van der Waals surface area contributed by atoms with Gasteiger partial charge in [-0.15, -0.1) is 0 Å². The third-order valence-electron chi connectivity index (χ3n) is 5.44. The second kappa shape index (κ2) is 6.74. The van der Waals surface area contributed by atoms with Crippen LogP contribution in [0.15, 0.2) is 24.3 Å². The number of ether oxygens (including phenoxy) is 1. The van der Waals surface area contributed by atoms with Crippen molar-refractivity contribution >= 4 is 29.6 Å². The minimum absolute atomic E-state index is 0.00575. The molecule has 0 bridgehead atoms. The molecule has 1 unspecified atom stereocenters. The second-order valence-corrected chi connectivity index (χ2v) is 6.96. The largest absolute Gasteiger partial charge is 0.467 e. The number of hydrogen-bond donors (Lipinski definition) is 0. The summed E-state index contributed by atoms with van der Waals surface area (Å²) in [6.07, 6.45) is 0.905.